The smallest absolute Gasteiger partial charge is 0.255 e. The number of benzene rings is 2. The van der Waals surface area contributed by atoms with E-state index in [1.54, 1.807) is 24.3 Å². The molecule has 0 atom stereocenters. The van der Waals surface area contributed by atoms with Gasteiger partial charge in [0, 0.05) is 17.8 Å². The van der Waals surface area contributed by atoms with Crippen molar-refractivity contribution >= 4 is 27.7 Å². The zero-order valence-corrected chi connectivity index (χ0v) is 17.1. The van der Waals surface area contributed by atoms with Gasteiger partial charge in [0.05, 0.1) is 5.41 Å². The van der Waals surface area contributed by atoms with E-state index in [9.17, 15) is 13.2 Å². The van der Waals surface area contributed by atoms with Crippen LogP contribution >= 0.6 is 0 Å². The third-order valence-corrected chi connectivity index (χ3v) is 5.78. The fourth-order valence-corrected chi connectivity index (χ4v) is 4.06. The largest absolute Gasteiger partial charge is 0.352 e. The zero-order valence-electron chi connectivity index (χ0n) is 16.3. The number of amides is 1. The average molecular weight is 411 g/mol. The lowest BCUT2D eigenvalue weighted by atomic mass is 9.97. The van der Waals surface area contributed by atoms with E-state index < -0.39 is 10.0 Å². The van der Waals surface area contributed by atoms with E-state index in [1.165, 1.54) is 24.5 Å². The van der Waals surface area contributed by atoms with Gasteiger partial charge in [-0.1, -0.05) is 42.0 Å². The molecule has 6 heteroatoms. The fraction of sp³-hybridized carbons (Fsp3) is 0.261. The first-order valence-corrected chi connectivity index (χ1v) is 11.4. The number of hydrogen-bond acceptors (Lipinski definition) is 3. The molecule has 152 valence electrons. The van der Waals surface area contributed by atoms with Gasteiger partial charge in [-0.05, 0) is 68.0 Å². The van der Waals surface area contributed by atoms with Crippen LogP contribution in [0.25, 0.3) is 6.08 Å². The number of carbonyl (C=O) groups excluding carboxylic acids is 1. The van der Waals surface area contributed by atoms with Gasteiger partial charge in [0.15, 0.2) is 0 Å². The average Bonchev–Trinajstić information content (AvgIpc) is 2.74. The maximum absolute atomic E-state index is 12.3. The number of hydrogen-bond donors (Lipinski definition) is 2. The molecule has 3 rings (SSSR count). The van der Waals surface area contributed by atoms with Gasteiger partial charge in [0.25, 0.3) is 15.9 Å². The van der Waals surface area contributed by atoms with Gasteiger partial charge in [-0.25, -0.2) is 8.42 Å². The Balaban J connectivity index is 1.51. The van der Waals surface area contributed by atoms with Gasteiger partial charge in [-0.2, -0.15) is 0 Å². The Morgan fingerprint density at radius 3 is 2.45 bits per heavy atom. The predicted octanol–water partition coefficient (Wildman–Crippen LogP) is 4.72. The molecular weight excluding hydrogens is 384 g/mol. The SMILES string of the molecule is O=C(NCCC1=CCCCC1)c1ccc(NS(=O)(=O)/C=C/c2ccccc2)cc1. The van der Waals surface area contributed by atoms with Crippen LogP contribution in [0.4, 0.5) is 5.69 Å². The molecular formula is C23H26N2O3S. The minimum Gasteiger partial charge on any atom is -0.352 e. The van der Waals surface area contributed by atoms with E-state index in [2.05, 4.69) is 16.1 Å². The van der Waals surface area contributed by atoms with Gasteiger partial charge in [0.2, 0.25) is 0 Å². The predicted molar refractivity (Wildman–Crippen MR) is 118 cm³/mol. The first-order valence-electron chi connectivity index (χ1n) is 9.84. The van der Waals surface area contributed by atoms with Crippen LogP contribution in [-0.2, 0) is 10.0 Å². The second-order valence-corrected chi connectivity index (χ2v) is 8.62. The Hall–Kier alpha value is -2.86. The normalized spacial score (nSPS) is 14.4. The van der Waals surface area contributed by atoms with Gasteiger partial charge >= 0.3 is 0 Å². The van der Waals surface area contributed by atoms with Crippen LogP contribution in [0.5, 0.6) is 0 Å². The second kappa shape index (κ2) is 10.1. The first-order chi connectivity index (χ1) is 14.0. The van der Waals surface area contributed by atoms with Crippen LogP contribution < -0.4 is 10.0 Å². The summed E-state index contributed by atoms with van der Waals surface area (Å²) in [4.78, 5) is 12.3. The Morgan fingerprint density at radius 2 is 1.76 bits per heavy atom. The Kier molecular flexibility index (Phi) is 7.25. The topological polar surface area (TPSA) is 75.3 Å². The molecule has 0 aliphatic heterocycles. The summed E-state index contributed by atoms with van der Waals surface area (Å²) in [5, 5.41) is 4.05. The van der Waals surface area contributed by atoms with Crippen LogP contribution in [0.1, 0.15) is 48.0 Å². The van der Waals surface area contributed by atoms with E-state index >= 15 is 0 Å². The fourth-order valence-electron chi connectivity index (χ4n) is 3.19. The number of allylic oxidation sites excluding steroid dienone is 1. The Labute approximate surface area is 172 Å². The molecule has 0 bridgehead atoms. The first kappa shape index (κ1) is 20.9. The molecule has 1 aliphatic carbocycles. The lowest BCUT2D eigenvalue weighted by molar-refractivity contribution is 0.0954. The van der Waals surface area contributed by atoms with Crippen LogP contribution in [0.3, 0.4) is 0 Å². The van der Waals surface area contributed by atoms with Crippen molar-refractivity contribution in [3.8, 4) is 0 Å². The highest BCUT2D eigenvalue weighted by Crippen LogP contribution is 2.19. The number of anilines is 1. The molecule has 1 amide bonds. The van der Waals surface area contributed by atoms with Crippen molar-refractivity contribution < 1.29 is 13.2 Å². The summed E-state index contributed by atoms with van der Waals surface area (Å²) < 4.78 is 26.9. The maximum atomic E-state index is 12.3. The van der Waals surface area contributed by atoms with Crippen molar-refractivity contribution in [2.45, 2.75) is 32.1 Å². The quantitative estimate of drug-likeness (QED) is 0.618. The number of rotatable bonds is 8. The van der Waals surface area contributed by atoms with Crippen LogP contribution in [0.2, 0.25) is 0 Å². The molecule has 29 heavy (non-hydrogen) atoms. The van der Waals surface area contributed by atoms with Gasteiger partial charge in [-0.3, -0.25) is 9.52 Å². The van der Waals surface area contributed by atoms with Crippen molar-refractivity contribution in [3.63, 3.8) is 0 Å². The molecule has 1 aliphatic rings. The molecule has 0 heterocycles. The third kappa shape index (κ3) is 6.91. The molecule has 2 aromatic carbocycles. The number of nitrogens with one attached hydrogen (secondary N) is 2. The molecule has 0 saturated carbocycles. The van der Waals surface area contributed by atoms with E-state index in [0.717, 1.165) is 30.2 Å². The van der Waals surface area contributed by atoms with E-state index in [0.29, 0.717) is 17.8 Å². The molecule has 0 saturated heterocycles. The Bertz CT molecular complexity index is 979. The van der Waals surface area contributed by atoms with Crippen LogP contribution in [-0.4, -0.2) is 20.9 Å². The van der Waals surface area contributed by atoms with Gasteiger partial charge in [-0.15, -0.1) is 0 Å². The maximum Gasteiger partial charge on any atom is 0.255 e. The van der Waals surface area contributed by atoms with Crippen molar-refractivity contribution in [2.24, 2.45) is 0 Å². The summed E-state index contributed by atoms with van der Waals surface area (Å²) in [5.74, 6) is -0.153. The highest BCUT2D eigenvalue weighted by molar-refractivity contribution is 7.95. The second-order valence-electron chi connectivity index (χ2n) is 7.05. The van der Waals surface area contributed by atoms with Crippen molar-refractivity contribution in [1.82, 2.24) is 5.32 Å². The van der Waals surface area contributed by atoms with E-state index in [1.807, 2.05) is 30.3 Å². The molecule has 5 nitrogen and oxygen atoms in total. The molecule has 0 unspecified atom stereocenters. The molecule has 0 fully saturated rings. The summed E-state index contributed by atoms with van der Waals surface area (Å²) in [6.45, 7) is 0.614. The standard InChI is InChI=1S/C23H26N2O3S/c26-23(24-17-15-19-7-3-1-4-8-19)21-11-13-22(14-12-21)25-29(27,28)18-16-20-9-5-2-6-10-20/h2,5-7,9-14,16,18,25H,1,3-4,8,15,17H2,(H,24,26)/b18-16+. The van der Waals surface area contributed by atoms with Crippen LogP contribution in [0.15, 0.2) is 71.7 Å². The van der Waals surface area contributed by atoms with Crippen LogP contribution in [0, 0.1) is 0 Å². The number of sulfonamides is 1. The summed E-state index contributed by atoms with van der Waals surface area (Å²) in [6, 6.07) is 15.6. The molecule has 0 radical (unpaired) electrons. The Morgan fingerprint density at radius 1 is 1.00 bits per heavy atom. The summed E-state index contributed by atoms with van der Waals surface area (Å²) in [5.41, 5.74) is 3.13. The molecule has 0 aromatic heterocycles. The van der Waals surface area contributed by atoms with Crippen molar-refractivity contribution in [3.05, 3.63) is 82.8 Å². The summed E-state index contributed by atoms with van der Waals surface area (Å²) >= 11 is 0. The third-order valence-electron chi connectivity index (χ3n) is 4.76. The van der Waals surface area contributed by atoms with E-state index in [-0.39, 0.29) is 5.91 Å². The summed E-state index contributed by atoms with van der Waals surface area (Å²) in [7, 11) is -3.63. The summed E-state index contributed by atoms with van der Waals surface area (Å²) in [6.07, 6.45) is 9.46. The molecule has 2 N–H and O–H groups in total. The van der Waals surface area contributed by atoms with Crippen molar-refractivity contribution in [2.75, 3.05) is 11.3 Å². The highest BCUT2D eigenvalue weighted by atomic mass is 32.2. The van der Waals surface area contributed by atoms with Gasteiger partial charge < -0.3 is 5.32 Å². The van der Waals surface area contributed by atoms with E-state index in [4.69, 9.17) is 0 Å². The van der Waals surface area contributed by atoms with Gasteiger partial charge in [0.1, 0.15) is 0 Å². The molecule has 2 aromatic rings. The van der Waals surface area contributed by atoms with Crippen molar-refractivity contribution in [1.29, 1.82) is 0 Å². The molecule has 0 spiro atoms. The lowest BCUT2D eigenvalue weighted by Gasteiger charge is -2.13. The lowest BCUT2D eigenvalue weighted by Crippen LogP contribution is -2.24. The monoisotopic (exact) mass is 410 g/mol. The number of carbonyl (C=O) groups is 1. The minimum atomic E-state index is -3.63. The minimum absolute atomic E-state index is 0.153. The highest BCUT2D eigenvalue weighted by Gasteiger charge is 2.09. The zero-order chi connectivity index (χ0) is 20.5.